The van der Waals surface area contributed by atoms with E-state index < -0.39 is 102 Å². The molecule has 7 N–H and O–H groups in total. The van der Waals surface area contributed by atoms with Crippen LogP contribution in [0.1, 0.15) is 63.5 Å². The van der Waals surface area contributed by atoms with Crippen LogP contribution in [-0.2, 0) is 52.4 Å². The van der Waals surface area contributed by atoms with Crippen LogP contribution in [0.25, 0.3) is 0 Å². The van der Waals surface area contributed by atoms with E-state index in [1.807, 2.05) is 13.8 Å². The average molecular weight is 978 g/mol. The summed E-state index contributed by atoms with van der Waals surface area (Å²) in [5, 5.41) is 57.9. The number of pyridine rings is 1. The van der Waals surface area contributed by atoms with Crippen LogP contribution in [0.3, 0.4) is 0 Å². The number of aliphatic hydroxyl groups is 6. The first-order valence-electron chi connectivity index (χ1n) is 18.7. The van der Waals surface area contributed by atoms with Crippen molar-refractivity contribution in [3.8, 4) is 0 Å². The van der Waals surface area contributed by atoms with E-state index in [9.17, 15) is 43.2 Å². The van der Waals surface area contributed by atoms with Crippen molar-refractivity contribution in [3.63, 3.8) is 0 Å². The Kier molecular flexibility index (Phi) is 29.1. The molecule has 3 aliphatic heterocycles. The summed E-state index contributed by atoms with van der Waals surface area (Å²) in [4.78, 5) is 25.6. The zero-order valence-corrected chi connectivity index (χ0v) is 41.0. The second-order valence-electron chi connectivity index (χ2n) is 13.7. The molecule has 0 radical (unpaired) electrons. The molecule has 21 nitrogen and oxygen atoms in total. The molecule has 2 saturated heterocycles. The van der Waals surface area contributed by atoms with Gasteiger partial charge >= 0.3 is 89.7 Å². The Hall–Kier alpha value is -1.61. The van der Waals surface area contributed by atoms with Gasteiger partial charge in [-0.3, -0.25) is 4.55 Å². The number of rotatable bonds is 12. The van der Waals surface area contributed by atoms with Gasteiger partial charge in [-0.2, -0.15) is 43.0 Å². The molecule has 4 heterocycles. The topological polar surface area (TPSA) is 322 Å². The van der Waals surface area contributed by atoms with Crippen molar-refractivity contribution < 1.29 is 107 Å². The molecule has 8 atom stereocenters. The van der Waals surface area contributed by atoms with Crippen molar-refractivity contribution in [1.29, 1.82) is 0 Å². The summed E-state index contributed by atoms with van der Waals surface area (Å²) >= 11 is 2.89. The van der Waals surface area contributed by atoms with Crippen LogP contribution in [0.5, 0.6) is 0 Å². The molecule has 0 saturated carbocycles. The summed E-state index contributed by atoms with van der Waals surface area (Å²) in [5.74, 6) is 0.0550. The molecule has 1 aromatic rings. The van der Waals surface area contributed by atoms with Gasteiger partial charge in [0.25, 0.3) is 6.23 Å². The van der Waals surface area contributed by atoms with E-state index in [0.717, 1.165) is 12.8 Å². The van der Waals surface area contributed by atoms with E-state index in [-0.39, 0.29) is 6.61 Å². The fraction of sp³-hybridized carbons (Fsp3) is 0.667. The van der Waals surface area contributed by atoms with Gasteiger partial charge in [-0.25, -0.2) is 9.59 Å². The van der Waals surface area contributed by atoms with Crippen molar-refractivity contribution >= 4 is 84.2 Å². The van der Waals surface area contributed by atoms with E-state index >= 15 is 0 Å². The summed E-state index contributed by atoms with van der Waals surface area (Å²) in [6, 6.07) is 3.24. The predicted molar refractivity (Wildman–Crippen MR) is 208 cm³/mol. The van der Waals surface area contributed by atoms with Crippen LogP contribution in [0.4, 0.5) is 13.2 Å². The van der Waals surface area contributed by atoms with Crippen molar-refractivity contribution in [3.05, 3.63) is 54.1 Å². The summed E-state index contributed by atoms with van der Waals surface area (Å²) in [6.07, 6.45) is 1.97. The van der Waals surface area contributed by atoms with E-state index in [4.69, 9.17) is 59.0 Å². The third-order valence-electron chi connectivity index (χ3n) is 8.12. The van der Waals surface area contributed by atoms with Crippen LogP contribution in [0.2, 0.25) is 0 Å². The number of hydrogen-bond acceptors (Lipinski definition) is 19. The maximum absolute atomic E-state index is 12.1. The molecular formula is C33H50F3N2Na2O19S3+. The summed E-state index contributed by atoms with van der Waals surface area (Å²) < 4.78 is 117. The van der Waals surface area contributed by atoms with Crippen molar-refractivity contribution in [2.75, 3.05) is 26.4 Å². The molecule has 29 heteroatoms. The van der Waals surface area contributed by atoms with Crippen LogP contribution >= 0.6 is 0 Å². The molecule has 3 aliphatic rings. The number of esters is 2. The number of ether oxygens (including phenoxy) is 4. The quantitative estimate of drug-likeness (QED) is 0.0399. The molecule has 0 spiro atoms. The van der Waals surface area contributed by atoms with Gasteiger partial charge in [0.15, 0.2) is 24.7 Å². The van der Waals surface area contributed by atoms with Crippen molar-refractivity contribution in [1.82, 2.24) is 4.90 Å². The Morgan fingerprint density at radius 3 is 1.76 bits per heavy atom. The molecule has 0 amide bonds. The number of alkyl halides is 3. The number of allylic oxidation sites excluding steroid dienone is 1. The van der Waals surface area contributed by atoms with Gasteiger partial charge in [-0.15, -0.1) is 0 Å². The van der Waals surface area contributed by atoms with Crippen LogP contribution < -0.4 is 4.57 Å². The number of aromatic nitrogens is 1. The molecule has 4 rings (SSSR count). The Morgan fingerprint density at radius 2 is 1.34 bits per heavy atom. The van der Waals surface area contributed by atoms with Crippen LogP contribution in [-0.4, -0.2) is 196 Å². The Bertz CT molecular complexity index is 1950. The normalized spacial score (nSPS) is 24.2. The van der Waals surface area contributed by atoms with E-state index in [2.05, 4.69) is 13.8 Å². The van der Waals surface area contributed by atoms with Crippen LogP contribution in [0, 0.1) is 11.8 Å². The Labute approximate surface area is 386 Å². The first-order valence-corrected chi connectivity index (χ1v) is 30.8. The molecule has 0 aromatic carbocycles. The van der Waals surface area contributed by atoms with Gasteiger partial charge in [0, 0.05) is 24.9 Å². The number of aliphatic hydroxyl groups excluding tert-OH is 6. The fourth-order valence-corrected chi connectivity index (χ4v) is 4.85. The Morgan fingerprint density at radius 1 is 0.871 bits per heavy atom. The molecule has 62 heavy (non-hydrogen) atoms. The second-order valence-corrected chi connectivity index (χ2v) is 17.5. The van der Waals surface area contributed by atoms with Crippen molar-refractivity contribution in [2.45, 2.75) is 102 Å². The number of halogens is 3. The number of carbonyl (C=O) groups excluding carboxylic acids is 2. The zero-order chi connectivity index (χ0) is 48.1. The summed E-state index contributed by atoms with van der Waals surface area (Å²) in [6.45, 7) is 8.13. The summed E-state index contributed by atoms with van der Waals surface area (Å²) in [7, 11) is -11.7. The van der Waals surface area contributed by atoms with Gasteiger partial charge in [-0.05, 0) is 30.7 Å². The monoisotopic (exact) mass is 977 g/mol. The molecular weight excluding hydrogens is 928 g/mol. The number of nitrogens with zero attached hydrogens (tertiary/aromatic N) is 2. The maximum atomic E-state index is 12.1. The Balaban J connectivity index is 0.000000894. The third kappa shape index (κ3) is 21.1. The second kappa shape index (κ2) is 29.8. The SMILES string of the molecule is CC(C)CCOC(=O)C1=CN([C@@H]2O[C@H](CO)[C@H](O)C2O)C=CC1.CC(C)CCOC(=O)c1ccc[n+]([C@@H]2O[C@H](CO)[C@H](O)C2O)c1.O=S(=O)(O)C(F)(F)F.O=S(=O)=S(=O)=O.[Na][Na]. The van der Waals surface area contributed by atoms with E-state index in [1.165, 1.54) is 59.3 Å². The zero-order valence-electron chi connectivity index (χ0n) is 34.5. The number of hydrogen-bond donors (Lipinski definition) is 7. The molecule has 2 fully saturated rings. The average Bonchev–Trinajstić information content (AvgIpc) is 3.67. The molecule has 1 aromatic heterocycles. The third-order valence-corrected chi connectivity index (χ3v) is 9.60. The van der Waals surface area contributed by atoms with Gasteiger partial charge in [-0.1, -0.05) is 33.8 Å². The van der Waals surface area contributed by atoms with Gasteiger partial charge in [0.1, 0.15) is 36.1 Å². The predicted octanol–water partition coefficient (Wildman–Crippen LogP) is -1.80. The van der Waals surface area contributed by atoms with Gasteiger partial charge in [0.2, 0.25) is 0 Å². The minimum atomic E-state index is -5.84. The van der Waals surface area contributed by atoms with E-state index in [0.29, 0.717) is 42.6 Å². The molecule has 346 valence electrons. The van der Waals surface area contributed by atoms with Crippen LogP contribution in [0.15, 0.2) is 48.6 Å². The minimum absolute atomic E-state index is 0.328. The first kappa shape index (κ1) is 60.4. The number of carbonyl (C=O) groups is 2. The molecule has 0 bridgehead atoms. The van der Waals surface area contributed by atoms with Crippen molar-refractivity contribution in [2.24, 2.45) is 11.8 Å². The van der Waals surface area contributed by atoms with Gasteiger partial charge in [0.05, 0.1) is 32.0 Å². The fourth-order valence-electron chi connectivity index (χ4n) is 4.85. The summed E-state index contributed by atoms with van der Waals surface area (Å²) in [5.41, 5.74) is -4.75. The molecule has 0 aliphatic carbocycles. The first-order chi connectivity index (χ1) is 28.8. The standard InChI is InChI=1S/C16H25NO6.C16H24NO6.CHF3O3S.2Na.O4S2/c2*1-10(2)5-7-22-16(21)11-4-3-6-17(8-11)15-14(20)13(19)12(9-18)23-15;2-1(3,4)8(5,6)7;;;1-5(2)6(3)4/h3,6,8,10,12-15,18-20H,4-5,7,9H2,1-2H3;3-4,6,8,10,12-15,18-20H,5,7,9H2,1-2H3;(H,5,6,7);;;/q;+1;;;;/t2*12-,13+,14?,15-;;;;/m11..../s1. The molecule has 2 unspecified atom stereocenters. The van der Waals surface area contributed by atoms with Gasteiger partial charge < -0.3 is 54.5 Å². The van der Waals surface area contributed by atoms with E-state index in [1.54, 1.807) is 36.8 Å².